The van der Waals surface area contributed by atoms with Crippen LogP contribution in [0.1, 0.15) is 0 Å². The van der Waals surface area contributed by atoms with E-state index in [4.69, 9.17) is 0 Å². The Hall–Kier alpha value is -1.09. The predicted octanol–water partition coefficient (Wildman–Crippen LogP) is -0.422. The summed E-state index contributed by atoms with van der Waals surface area (Å²) in [6.45, 7) is 4.45. The van der Waals surface area contributed by atoms with Crippen LogP contribution in [0, 0.1) is 7.05 Å². The average Bonchev–Trinajstić information content (AvgIpc) is 2.20. The number of nitrogens with zero attached hydrogens (tertiary/aromatic N) is 2. The van der Waals surface area contributed by atoms with E-state index in [1.807, 2.05) is 12.4 Å². The highest BCUT2D eigenvalue weighted by Gasteiger charge is 2.13. The van der Waals surface area contributed by atoms with E-state index in [1.54, 1.807) is 0 Å². The number of pyridine rings is 1. The molecule has 1 saturated heterocycles. The minimum absolute atomic E-state index is 1.10. The number of hydrogen-bond acceptors (Lipinski definition) is 2. The van der Waals surface area contributed by atoms with E-state index in [1.165, 1.54) is 10.6 Å². The summed E-state index contributed by atoms with van der Waals surface area (Å²) in [6, 6.07) is 4.13. The molecule has 0 radical (unpaired) electrons. The van der Waals surface area contributed by atoms with Crippen molar-refractivity contribution in [1.82, 2.24) is 4.98 Å². The van der Waals surface area contributed by atoms with Gasteiger partial charge in [-0.25, -0.2) is 0 Å². The van der Waals surface area contributed by atoms with Gasteiger partial charge in [-0.15, -0.1) is 0 Å². The number of aromatic nitrogens is 1. The van der Waals surface area contributed by atoms with E-state index in [-0.39, 0.29) is 0 Å². The van der Waals surface area contributed by atoms with Gasteiger partial charge in [-0.1, -0.05) is 0 Å². The van der Waals surface area contributed by atoms with Crippen LogP contribution in [0.25, 0.3) is 0 Å². The maximum atomic E-state index is 4.01. The summed E-state index contributed by atoms with van der Waals surface area (Å²) < 4.78 is 0. The summed E-state index contributed by atoms with van der Waals surface area (Å²) in [6.07, 6.45) is 3.69. The Labute approximate surface area is 79.0 Å². The fourth-order valence-corrected chi connectivity index (χ4v) is 1.64. The first kappa shape index (κ1) is 8.51. The lowest BCUT2D eigenvalue weighted by Gasteiger charge is -2.35. The fraction of sp³-hybridized carbons (Fsp3) is 0.400. The summed E-state index contributed by atoms with van der Waals surface area (Å²) >= 11 is 0. The van der Waals surface area contributed by atoms with Crippen molar-refractivity contribution in [3.8, 4) is 0 Å². The van der Waals surface area contributed by atoms with Crippen molar-refractivity contribution in [2.75, 3.05) is 31.1 Å². The molecule has 2 heterocycles. The van der Waals surface area contributed by atoms with Crippen LogP contribution >= 0.6 is 0 Å². The summed E-state index contributed by atoms with van der Waals surface area (Å²) in [5.74, 6) is 0. The lowest BCUT2D eigenvalue weighted by Crippen LogP contribution is -3.10. The van der Waals surface area contributed by atoms with Crippen molar-refractivity contribution in [2.24, 2.45) is 0 Å². The van der Waals surface area contributed by atoms with Crippen LogP contribution in [0.15, 0.2) is 24.5 Å². The zero-order valence-corrected chi connectivity index (χ0v) is 7.74. The molecule has 1 fully saturated rings. The first-order valence-electron chi connectivity index (χ1n) is 4.68. The summed E-state index contributed by atoms with van der Waals surface area (Å²) in [5, 5.41) is 0. The molecule has 1 aliphatic rings. The smallest absolute Gasteiger partial charge is 0.0709 e. The molecule has 0 saturated carbocycles. The van der Waals surface area contributed by atoms with Crippen molar-refractivity contribution in [2.45, 2.75) is 0 Å². The van der Waals surface area contributed by atoms with Gasteiger partial charge in [0.2, 0.25) is 0 Å². The molecule has 1 N–H and O–H groups in total. The van der Waals surface area contributed by atoms with Crippen LogP contribution in [0.5, 0.6) is 0 Å². The minimum Gasteiger partial charge on any atom is -0.465 e. The molecule has 13 heavy (non-hydrogen) atoms. The topological polar surface area (TPSA) is 20.6 Å². The van der Waals surface area contributed by atoms with Gasteiger partial charge in [-0.2, -0.15) is 7.05 Å². The van der Waals surface area contributed by atoms with Gasteiger partial charge in [-0.3, -0.25) is 4.98 Å². The fourth-order valence-electron chi connectivity index (χ4n) is 1.64. The van der Waals surface area contributed by atoms with E-state index < -0.39 is 0 Å². The normalized spacial score (nSPS) is 19.0. The van der Waals surface area contributed by atoms with Crippen molar-refractivity contribution in [3.63, 3.8) is 0 Å². The first-order valence-corrected chi connectivity index (χ1v) is 4.68. The van der Waals surface area contributed by atoms with Gasteiger partial charge in [0.15, 0.2) is 0 Å². The van der Waals surface area contributed by atoms with Gasteiger partial charge in [0.1, 0.15) is 0 Å². The Morgan fingerprint density at radius 3 is 2.46 bits per heavy atom. The third-order valence-electron chi connectivity index (χ3n) is 2.50. The van der Waals surface area contributed by atoms with Crippen LogP contribution in [-0.2, 0) is 0 Å². The Kier molecular flexibility index (Phi) is 2.45. The molecule has 3 nitrogen and oxygen atoms in total. The minimum atomic E-state index is 1.10. The molecule has 0 amide bonds. The SMILES string of the molecule is [CH2-][NH+]1CCN(c2ccncc2)CC1. The Balaban J connectivity index is 2.03. The summed E-state index contributed by atoms with van der Waals surface area (Å²) in [4.78, 5) is 7.78. The summed E-state index contributed by atoms with van der Waals surface area (Å²) in [5.41, 5.74) is 1.28. The zero-order valence-electron chi connectivity index (χ0n) is 7.74. The van der Waals surface area contributed by atoms with Gasteiger partial charge in [0.05, 0.1) is 26.2 Å². The van der Waals surface area contributed by atoms with Gasteiger partial charge >= 0.3 is 0 Å². The monoisotopic (exact) mass is 177 g/mol. The molecule has 1 aromatic rings. The Morgan fingerprint density at radius 2 is 1.85 bits per heavy atom. The average molecular weight is 177 g/mol. The first-order chi connectivity index (χ1) is 6.36. The van der Waals surface area contributed by atoms with E-state index in [2.05, 4.69) is 29.1 Å². The van der Waals surface area contributed by atoms with Gasteiger partial charge < -0.3 is 9.80 Å². The molecule has 0 bridgehead atoms. The second-order valence-corrected chi connectivity index (χ2v) is 3.44. The molecule has 70 valence electrons. The third-order valence-corrected chi connectivity index (χ3v) is 2.50. The van der Waals surface area contributed by atoms with E-state index in [9.17, 15) is 0 Å². The molecule has 0 aliphatic carbocycles. The molecular formula is C10H15N3. The predicted molar refractivity (Wildman–Crippen MR) is 52.5 cm³/mol. The molecule has 0 unspecified atom stereocenters. The Morgan fingerprint density at radius 1 is 1.23 bits per heavy atom. The number of rotatable bonds is 1. The lowest BCUT2D eigenvalue weighted by atomic mass is 10.3. The molecule has 0 aromatic carbocycles. The largest absolute Gasteiger partial charge is 0.465 e. The molecule has 0 spiro atoms. The second kappa shape index (κ2) is 3.75. The number of piperazine rings is 1. The highest BCUT2D eigenvalue weighted by atomic mass is 15.2. The highest BCUT2D eigenvalue weighted by Crippen LogP contribution is 2.10. The molecule has 1 aromatic heterocycles. The Bertz CT molecular complexity index is 252. The van der Waals surface area contributed by atoms with E-state index >= 15 is 0 Å². The van der Waals surface area contributed by atoms with Gasteiger partial charge in [0.25, 0.3) is 0 Å². The number of quaternary nitrogens is 1. The van der Waals surface area contributed by atoms with Crippen LogP contribution in [0.4, 0.5) is 5.69 Å². The van der Waals surface area contributed by atoms with Crippen molar-refractivity contribution in [1.29, 1.82) is 0 Å². The number of hydrogen-bond donors (Lipinski definition) is 1. The molecule has 0 atom stereocenters. The van der Waals surface area contributed by atoms with Crippen molar-refractivity contribution < 1.29 is 4.90 Å². The quantitative estimate of drug-likeness (QED) is 0.588. The van der Waals surface area contributed by atoms with Crippen LogP contribution in [-0.4, -0.2) is 31.2 Å². The second-order valence-electron chi connectivity index (χ2n) is 3.44. The van der Waals surface area contributed by atoms with Crippen LogP contribution in [0.3, 0.4) is 0 Å². The third kappa shape index (κ3) is 1.98. The van der Waals surface area contributed by atoms with Crippen molar-refractivity contribution >= 4 is 5.69 Å². The highest BCUT2D eigenvalue weighted by molar-refractivity contribution is 5.44. The maximum Gasteiger partial charge on any atom is 0.0709 e. The number of anilines is 1. The van der Waals surface area contributed by atoms with Crippen LogP contribution < -0.4 is 9.80 Å². The van der Waals surface area contributed by atoms with Gasteiger partial charge in [0, 0.05) is 18.1 Å². The maximum absolute atomic E-state index is 4.01. The molecular weight excluding hydrogens is 162 g/mol. The van der Waals surface area contributed by atoms with Crippen LogP contribution in [0.2, 0.25) is 0 Å². The zero-order chi connectivity index (χ0) is 9.10. The van der Waals surface area contributed by atoms with E-state index in [0.29, 0.717) is 0 Å². The standard InChI is InChI=1S/C10H15N3/c1-12-6-8-13(9-7-12)10-2-4-11-5-3-10/h2-5,12H,1,6-9H2. The lowest BCUT2D eigenvalue weighted by molar-refractivity contribution is -0.854. The molecule has 2 rings (SSSR count). The van der Waals surface area contributed by atoms with E-state index in [0.717, 1.165) is 26.2 Å². The number of nitrogens with one attached hydrogen (secondary N) is 1. The summed E-state index contributed by atoms with van der Waals surface area (Å²) in [7, 11) is 4.00. The van der Waals surface area contributed by atoms with Gasteiger partial charge in [-0.05, 0) is 12.1 Å². The molecule has 3 heteroatoms. The van der Waals surface area contributed by atoms with Crippen molar-refractivity contribution in [3.05, 3.63) is 31.6 Å². The molecule has 1 aliphatic heterocycles.